The third kappa shape index (κ3) is 2.50. The van der Waals surface area contributed by atoms with E-state index in [1.165, 1.54) is 12.4 Å². The molecule has 0 saturated carbocycles. The number of anilines is 1. The number of pyridine rings is 1. The molecule has 4 rings (SSSR count). The monoisotopic (exact) mass is 350 g/mol. The molecule has 4 nitrogen and oxygen atoms in total. The fraction of sp³-hybridized carbons (Fsp3) is 0.312. The molecule has 3 aromatic rings. The molecular weight excluding hydrogens is 337 g/mol. The van der Waals surface area contributed by atoms with Crippen LogP contribution in [0.1, 0.15) is 22.4 Å². The van der Waals surface area contributed by atoms with Gasteiger partial charge in [-0.1, -0.05) is 0 Å². The topological polar surface area (TPSA) is 41.9 Å². The maximum absolute atomic E-state index is 12.9. The Morgan fingerprint density at radius 3 is 2.83 bits per heavy atom. The summed E-state index contributed by atoms with van der Waals surface area (Å²) in [5.74, 6) is 0.779. The van der Waals surface area contributed by atoms with Crippen LogP contribution in [0.2, 0.25) is 0 Å². The Labute approximate surface area is 140 Å². The predicted molar refractivity (Wildman–Crippen MR) is 86.1 cm³/mol. The van der Waals surface area contributed by atoms with Gasteiger partial charge in [0.25, 0.3) is 0 Å². The van der Waals surface area contributed by atoms with Crippen molar-refractivity contribution in [3.8, 4) is 0 Å². The van der Waals surface area contributed by atoms with Crippen molar-refractivity contribution < 1.29 is 13.2 Å². The van der Waals surface area contributed by atoms with Crippen molar-refractivity contribution in [1.82, 2.24) is 15.0 Å². The lowest BCUT2D eigenvalue weighted by Crippen LogP contribution is -2.32. The van der Waals surface area contributed by atoms with Crippen molar-refractivity contribution >= 4 is 27.4 Å². The molecule has 0 atom stereocenters. The number of fused-ring (bicyclic) bond motifs is 2. The van der Waals surface area contributed by atoms with E-state index >= 15 is 0 Å². The van der Waals surface area contributed by atoms with Gasteiger partial charge in [-0.25, -0.2) is 9.97 Å². The van der Waals surface area contributed by atoms with E-state index in [1.807, 2.05) is 17.2 Å². The molecule has 0 radical (unpaired) electrons. The van der Waals surface area contributed by atoms with Crippen LogP contribution in [0.25, 0.3) is 10.2 Å². The standard InChI is InChI=1S/C16H13F3N4S/c1-9-7-24-15-13(9)14(21-8-22-15)23-3-2-12-10(6-23)4-11(5-20-12)16(17,18)19/h4-5,7-8H,2-3,6H2,1H3. The average molecular weight is 350 g/mol. The lowest BCUT2D eigenvalue weighted by molar-refractivity contribution is -0.137. The van der Waals surface area contributed by atoms with Crippen LogP contribution in [0.15, 0.2) is 24.0 Å². The van der Waals surface area contributed by atoms with Gasteiger partial charge in [0.05, 0.1) is 10.9 Å². The Kier molecular flexibility index (Phi) is 3.45. The molecule has 0 N–H and O–H groups in total. The van der Waals surface area contributed by atoms with Gasteiger partial charge < -0.3 is 4.90 Å². The largest absolute Gasteiger partial charge is 0.417 e. The predicted octanol–water partition coefficient (Wildman–Crippen LogP) is 3.98. The van der Waals surface area contributed by atoms with Crippen LogP contribution in [0.3, 0.4) is 0 Å². The van der Waals surface area contributed by atoms with Gasteiger partial charge in [0.1, 0.15) is 17.0 Å². The minimum absolute atomic E-state index is 0.369. The Balaban J connectivity index is 1.74. The van der Waals surface area contributed by atoms with Gasteiger partial charge in [0, 0.05) is 31.4 Å². The highest BCUT2D eigenvalue weighted by Crippen LogP contribution is 2.35. The normalized spacial score (nSPS) is 14.9. The maximum atomic E-state index is 12.9. The van der Waals surface area contributed by atoms with Gasteiger partial charge in [-0.15, -0.1) is 11.3 Å². The number of nitrogens with zero attached hydrogens (tertiary/aromatic N) is 4. The second-order valence-electron chi connectivity index (χ2n) is 5.80. The minimum Gasteiger partial charge on any atom is -0.351 e. The molecule has 0 spiro atoms. The van der Waals surface area contributed by atoms with E-state index in [0.29, 0.717) is 25.1 Å². The van der Waals surface area contributed by atoms with Crippen molar-refractivity contribution in [1.29, 1.82) is 0 Å². The highest BCUT2D eigenvalue weighted by atomic mass is 32.1. The van der Waals surface area contributed by atoms with Gasteiger partial charge in [-0.2, -0.15) is 13.2 Å². The van der Waals surface area contributed by atoms with Crippen LogP contribution in [-0.4, -0.2) is 21.5 Å². The number of alkyl halides is 3. The summed E-state index contributed by atoms with van der Waals surface area (Å²) in [4.78, 5) is 15.6. The molecule has 1 aliphatic heterocycles. The molecule has 0 aliphatic carbocycles. The summed E-state index contributed by atoms with van der Waals surface area (Å²) in [6.07, 6.45) is -1.35. The number of halogens is 3. The molecule has 0 bridgehead atoms. The van der Waals surface area contributed by atoms with E-state index in [9.17, 15) is 13.2 Å². The first-order chi connectivity index (χ1) is 11.4. The van der Waals surface area contributed by atoms with Crippen LogP contribution < -0.4 is 4.90 Å². The summed E-state index contributed by atoms with van der Waals surface area (Å²) < 4.78 is 38.8. The second kappa shape index (κ2) is 5.41. The summed E-state index contributed by atoms with van der Waals surface area (Å²) in [6, 6.07) is 1.20. The quantitative estimate of drug-likeness (QED) is 0.666. The Bertz CT molecular complexity index is 919. The zero-order valence-electron chi connectivity index (χ0n) is 12.8. The summed E-state index contributed by atoms with van der Waals surface area (Å²) in [5.41, 5.74) is 1.71. The first-order valence-corrected chi connectivity index (χ1v) is 8.30. The third-order valence-electron chi connectivity index (χ3n) is 4.20. The summed E-state index contributed by atoms with van der Waals surface area (Å²) >= 11 is 1.54. The van der Waals surface area contributed by atoms with Crippen molar-refractivity contribution in [2.45, 2.75) is 26.1 Å². The Hall–Kier alpha value is -2.22. The van der Waals surface area contributed by atoms with E-state index in [0.717, 1.165) is 33.5 Å². The summed E-state index contributed by atoms with van der Waals surface area (Å²) in [6.45, 7) is 3.04. The number of rotatable bonds is 1. The van der Waals surface area contributed by atoms with Gasteiger partial charge in [-0.05, 0) is 29.5 Å². The van der Waals surface area contributed by atoms with E-state index < -0.39 is 11.7 Å². The van der Waals surface area contributed by atoms with E-state index in [1.54, 1.807) is 11.3 Å². The second-order valence-corrected chi connectivity index (χ2v) is 6.65. The highest BCUT2D eigenvalue weighted by molar-refractivity contribution is 7.17. The Morgan fingerprint density at radius 1 is 1.21 bits per heavy atom. The molecule has 1 aliphatic rings. The van der Waals surface area contributed by atoms with Crippen LogP contribution >= 0.6 is 11.3 Å². The molecular formula is C16H13F3N4S. The first-order valence-electron chi connectivity index (χ1n) is 7.42. The summed E-state index contributed by atoms with van der Waals surface area (Å²) in [7, 11) is 0. The molecule has 0 fully saturated rings. The average Bonchev–Trinajstić information content (AvgIpc) is 2.94. The molecule has 8 heteroatoms. The van der Waals surface area contributed by atoms with Gasteiger partial charge in [0.15, 0.2) is 0 Å². The lowest BCUT2D eigenvalue weighted by atomic mass is 10.0. The Morgan fingerprint density at radius 2 is 2.04 bits per heavy atom. The van der Waals surface area contributed by atoms with Gasteiger partial charge in [0.2, 0.25) is 0 Å². The fourth-order valence-corrected chi connectivity index (χ4v) is 3.88. The molecule has 24 heavy (non-hydrogen) atoms. The van der Waals surface area contributed by atoms with Crippen molar-refractivity contribution in [3.63, 3.8) is 0 Å². The van der Waals surface area contributed by atoms with E-state index in [-0.39, 0.29) is 0 Å². The van der Waals surface area contributed by atoms with Crippen molar-refractivity contribution in [2.24, 2.45) is 0 Å². The van der Waals surface area contributed by atoms with Crippen molar-refractivity contribution in [2.75, 3.05) is 11.4 Å². The van der Waals surface area contributed by atoms with Crippen LogP contribution in [0.4, 0.5) is 19.0 Å². The van der Waals surface area contributed by atoms with Crippen molar-refractivity contribution in [3.05, 3.63) is 46.4 Å². The van der Waals surface area contributed by atoms with Gasteiger partial charge >= 0.3 is 6.18 Å². The SMILES string of the molecule is Cc1csc2ncnc(N3CCc4ncc(C(F)(F)F)cc4C3)c12. The molecule has 0 saturated heterocycles. The number of aryl methyl sites for hydroxylation is 1. The zero-order chi connectivity index (χ0) is 16.9. The molecule has 124 valence electrons. The maximum Gasteiger partial charge on any atom is 0.417 e. The van der Waals surface area contributed by atoms with Gasteiger partial charge in [-0.3, -0.25) is 4.98 Å². The molecule has 3 aromatic heterocycles. The highest BCUT2D eigenvalue weighted by Gasteiger charge is 2.32. The third-order valence-corrected chi connectivity index (χ3v) is 5.20. The fourth-order valence-electron chi connectivity index (χ4n) is 3.00. The number of hydrogen-bond donors (Lipinski definition) is 0. The number of aromatic nitrogens is 3. The number of hydrogen-bond acceptors (Lipinski definition) is 5. The lowest BCUT2D eigenvalue weighted by Gasteiger charge is -2.30. The zero-order valence-corrected chi connectivity index (χ0v) is 13.6. The van der Waals surface area contributed by atoms with E-state index in [2.05, 4.69) is 15.0 Å². The van der Waals surface area contributed by atoms with Crippen LogP contribution in [-0.2, 0) is 19.1 Å². The molecule has 0 unspecified atom stereocenters. The molecule has 0 aromatic carbocycles. The van der Waals surface area contributed by atoms with E-state index in [4.69, 9.17) is 0 Å². The van der Waals surface area contributed by atoms with Crippen LogP contribution in [0, 0.1) is 6.92 Å². The molecule has 0 amide bonds. The first kappa shape index (κ1) is 15.3. The molecule has 4 heterocycles. The minimum atomic E-state index is -4.38. The number of thiophene rings is 1. The smallest absolute Gasteiger partial charge is 0.351 e. The van der Waals surface area contributed by atoms with Crippen LogP contribution in [0.5, 0.6) is 0 Å². The summed E-state index contributed by atoms with van der Waals surface area (Å²) in [5, 5.41) is 3.00.